The van der Waals surface area contributed by atoms with Crippen molar-refractivity contribution in [2.24, 2.45) is 0 Å². The molecule has 66 valence electrons. The van der Waals surface area contributed by atoms with Crippen LogP contribution in [0.3, 0.4) is 0 Å². The third-order valence-electron chi connectivity index (χ3n) is 0.885. The Balaban J connectivity index is 3.04. The highest BCUT2D eigenvalue weighted by atomic mass is 127. The van der Waals surface area contributed by atoms with Gasteiger partial charge in [0, 0.05) is 20.1 Å². The minimum atomic E-state index is -0.615. The summed E-state index contributed by atoms with van der Waals surface area (Å²) in [6, 6.07) is 0. The Morgan fingerprint density at radius 3 is 2.64 bits per heavy atom. The molecule has 0 saturated carbocycles. The molecule has 0 radical (unpaired) electrons. The van der Waals surface area contributed by atoms with Crippen LogP contribution in [0.1, 0.15) is 6.42 Å². The first-order valence-electron chi connectivity index (χ1n) is 3.15. The van der Waals surface area contributed by atoms with E-state index < -0.39 is 6.16 Å². The molecule has 0 atom stereocenters. The van der Waals surface area contributed by atoms with Crippen molar-refractivity contribution >= 4 is 28.7 Å². The lowest BCUT2D eigenvalue weighted by Gasteiger charge is -2.02. The lowest BCUT2D eigenvalue weighted by atomic mass is 10.5. The Bertz CT molecular complexity index is 107. The number of hydrogen-bond acceptors (Lipinski definition) is 4. The van der Waals surface area contributed by atoms with Gasteiger partial charge in [0.05, 0.1) is 6.61 Å². The molecule has 4 nitrogen and oxygen atoms in total. The van der Waals surface area contributed by atoms with Crippen molar-refractivity contribution in [2.75, 3.05) is 24.9 Å². The number of carbonyl (C=O) groups excluding carboxylic acids is 1. The Morgan fingerprint density at radius 2 is 2.09 bits per heavy atom. The predicted octanol–water partition coefficient (Wildman–Crippen LogP) is 1.57. The van der Waals surface area contributed by atoms with E-state index >= 15 is 0 Å². The van der Waals surface area contributed by atoms with Gasteiger partial charge in [-0.05, 0) is 22.6 Å². The molecule has 0 heterocycles. The van der Waals surface area contributed by atoms with Crippen molar-refractivity contribution in [1.29, 1.82) is 0 Å². The Labute approximate surface area is 79.3 Å². The Morgan fingerprint density at radius 1 is 1.36 bits per heavy atom. The summed E-state index contributed by atoms with van der Waals surface area (Å²) in [6.45, 7) is 0.945. The molecular formula is C6H11IO4. The van der Waals surface area contributed by atoms with E-state index in [4.69, 9.17) is 4.74 Å². The third kappa shape index (κ3) is 7.86. The summed E-state index contributed by atoms with van der Waals surface area (Å²) in [5.74, 6) is 0. The molecule has 0 aliphatic rings. The van der Waals surface area contributed by atoms with Crippen LogP contribution in [-0.2, 0) is 14.2 Å². The van der Waals surface area contributed by atoms with Crippen LogP contribution in [0.25, 0.3) is 0 Å². The predicted molar refractivity (Wildman–Crippen MR) is 47.8 cm³/mol. The molecule has 0 aliphatic carbocycles. The smallest absolute Gasteiger partial charge is 0.434 e. The first-order valence-corrected chi connectivity index (χ1v) is 4.68. The summed E-state index contributed by atoms with van der Waals surface area (Å²) in [7, 11) is 1.60. The van der Waals surface area contributed by atoms with Gasteiger partial charge in [0.25, 0.3) is 0 Å². The van der Waals surface area contributed by atoms with Crippen molar-refractivity contribution in [3.63, 3.8) is 0 Å². The maximum Gasteiger partial charge on any atom is 0.509 e. The zero-order valence-electron chi connectivity index (χ0n) is 6.34. The van der Waals surface area contributed by atoms with Crippen molar-refractivity contribution < 1.29 is 19.0 Å². The molecule has 11 heavy (non-hydrogen) atoms. The van der Waals surface area contributed by atoms with Gasteiger partial charge in [0.2, 0.25) is 0 Å². The molecule has 0 fully saturated rings. The first-order chi connectivity index (χ1) is 5.31. The van der Waals surface area contributed by atoms with Gasteiger partial charge in [-0.25, -0.2) is 4.79 Å². The zero-order chi connectivity index (χ0) is 8.53. The molecular weight excluding hydrogens is 263 g/mol. The van der Waals surface area contributed by atoms with Crippen molar-refractivity contribution in [1.82, 2.24) is 0 Å². The highest BCUT2D eigenvalue weighted by Crippen LogP contribution is 1.91. The van der Waals surface area contributed by atoms with Crippen LogP contribution in [0.5, 0.6) is 0 Å². The second-order valence-corrected chi connectivity index (χ2v) is 2.32. The first kappa shape index (κ1) is 11.0. The summed E-state index contributed by atoms with van der Waals surface area (Å²) in [5.41, 5.74) is 0. The summed E-state index contributed by atoms with van der Waals surface area (Å²) in [4.78, 5) is 10.5. The fourth-order valence-electron chi connectivity index (χ4n) is 0.445. The van der Waals surface area contributed by atoms with Crippen molar-refractivity contribution in [3.05, 3.63) is 0 Å². The Kier molecular flexibility index (Phi) is 8.03. The highest BCUT2D eigenvalue weighted by Gasteiger charge is 2.00. The molecule has 0 N–H and O–H groups in total. The lowest BCUT2D eigenvalue weighted by Crippen LogP contribution is -2.08. The molecule has 0 amide bonds. The number of methoxy groups -OCH3 is 1. The molecule has 0 saturated heterocycles. The number of alkyl halides is 1. The van der Waals surface area contributed by atoms with Gasteiger partial charge in [0.15, 0.2) is 0 Å². The summed E-state index contributed by atoms with van der Waals surface area (Å²) in [6.07, 6.45) is 0.0860. The lowest BCUT2D eigenvalue weighted by molar-refractivity contribution is 0.0629. The number of ether oxygens (including phenoxy) is 3. The second kappa shape index (κ2) is 8.06. The van der Waals surface area contributed by atoms with Crippen LogP contribution in [0, 0.1) is 0 Å². The molecule has 0 aromatic rings. The largest absolute Gasteiger partial charge is 0.509 e. The maximum atomic E-state index is 10.5. The van der Waals surface area contributed by atoms with Crippen LogP contribution < -0.4 is 0 Å². The average Bonchev–Trinajstić information content (AvgIpc) is 1.99. The average molecular weight is 274 g/mol. The van der Waals surface area contributed by atoms with Crippen LogP contribution in [0.2, 0.25) is 0 Å². The molecule has 5 heteroatoms. The minimum absolute atomic E-state index is 0.320. The third-order valence-corrected chi connectivity index (χ3v) is 1.20. The van der Waals surface area contributed by atoms with Crippen LogP contribution >= 0.6 is 22.6 Å². The van der Waals surface area contributed by atoms with Crippen LogP contribution in [-0.4, -0.2) is 31.1 Å². The summed E-state index contributed by atoms with van der Waals surface area (Å²) < 4.78 is 14.2. The number of rotatable bonds is 5. The van der Waals surface area contributed by atoms with E-state index in [0.29, 0.717) is 24.2 Å². The molecule has 0 aliphatic heterocycles. The van der Waals surface area contributed by atoms with Gasteiger partial charge >= 0.3 is 6.16 Å². The molecule has 0 unspecified atom stereocenters. The topological polar surface area (TPSA) is 44.8 Å². The monoisotopic (exact) mass is 274 g/mol. The number of hydrogen-bond donors (Lipinski definition) is 0. The summed E-state index contributed by atoms with van der Waals surface area (Å²) in [5, 5.41) is 0. The SMILES string of the molecule is COCCCOC(=O)OCI. The van der Waals surface area contributed by atoms with E-state index in [9.17, 15) is 4.79 Å². The summed E-state index contributed by atoms with van der Waals surface area (Å²) >= 11 is 1.92. The van der Waals surface area contributed by atoms with E-state index in [1.54, 1.807) is 7.11 Å². The zero-order valence-corrected chi connectivity index (χ0v) is 8.50. The van der Waals surface area contributed by atoms with Crippen LogP contribution in [0.15, 0.2) is 0 Å². The van der Waals surface area contributed by atoms with Crippen LogP contribution in [0.4, 0.5) is 4.79 Å². The molecule has 0 spiro atoms. The molecule has 0 aromatic heterocycles. The molecule has 0 aromatic carbocycles. The minimum Gasteiger partial charge on any atom is -0.434 e. The number of halogens is 1. The Hall–Kier alpha value is -0.0400. The number of carbonyl (C=O) groups is 1. The maximum absolute atomic E-state index is 10.5. The fourth-order valence-corrected chi connectivity index (χ4v) is 0.699. The van der Waals surface area contributed by atoms with Gasteiger partial charge in [-0.2, -0.15) is 0 Å². The van der Waals surface area contributed by atoms with Gasteiger partial charge in [0.1, 0.15) is 4.61 Å². The second-order valence-electron chi connectivity index (χ2n) is 1.70. The standard InChI is InChI=1S/C6H11IO4/c1-9-3-2-4-10-6(8)11-5-7/h2-5H2,1H3. The van der Waals surface area contributed by atoms with E-state index in [0.717, 1.165) is 0 Å². The fraction of sp³-hybridized carbons (Fsp3) is 0.833. The van der Waals surface area contributed by atoms with E-state index in [1.165, 1.54) is 0 Å². The normalized spacial score (nSPS) is 9.27. The van der Waals surface area contributed by atoms with Gasteiger partial charge in [-0.3, -0.25) is 0 Å². The quantitative estimate of drug-likeness (QED) is 0.330. The van der Waals surface area contributed by atoms with Crippen molar-refractivity contribution in [2.45, 2.75) is 6.42 Å². The van der Waals surface area contributed by atoms with E-state index in [2.05, 4.69) is 9.47 Å². The molecule has 0 rings (SSSR count). The van der Waals surface area contributed by atoms with Gasteiger partial charge in [-0.15, -0.1) is 0 Å². The van der Waals surface area contributed by atoms with Crippen molar-refractivity contribution in [3.8, 4) is 0 Å². The van der Waals surface area contributed by atoms with E-state index in [-0.39, 0.29) is 0 Å². The molecule has 0 bridgehead atoms. The highest BCUT2D eigenvalue weighted by molar-refractivity contribution is 14.1. The van der Waals surface area contributed by atoms with Gasteiger partial charge < -0.3 is 14.2 Å². The van der Waals surface area contributed by atoms with Gasteiger partial charge in [-0.1, -0.05) is 0 Å². The van der Waals surface area contributed by atoms with E-state index in [1.807, 2.05) is 22.6 Å².